The van der Waals surface area contributed by atoms with Crippen LogP contribution in [0.3, 0.4) is 0 Å². The van der Waals surface area contributed by atoms with Crippen molar-refractivity contribution in [3.8, 4) is 5.75 Å². The van der Waals surface area contributed by atoms with E-state index in [1.54, 1.807) is 25.3 Å². The molecule has 4 unspecified atom stereocenters. The minimum atomic E-state index is -4.19. The zero-order valence-electron chi connectivity index (χ0n) is 31.5. The van der Waals surface area contributed by atoms with Crippen molar-refractivity contribution in [2.24, 2.45) is 11.8 Å². The topological polar surface area (TPSA) is 116 Å². The largest absolute Gasteiger partial charge is 0.487 e. The third-order valence-electron chi connectivity index (χ3n) is 12.0. The normalized spacial score (nSPS) is 30.1. The summed E-state index contributed by atoms with van der Waals surface area (Å²) >= 11 is 6.40. The molecular formula is C41H56ClN3O8S. The summed E-state index contributed by atoms with van der Waals surface area (Å²) in [5.74, 6) is 0.625. The molecule has 11 nitrogen and oxygen atoms in total. The summed E-state index contributed by atoms with van der Waals surface area (Å²) < 4.78 is 61.5. The molecule has 296 valence electrons. The van der Waals surface area contributed by atoms with Gasteiger partial charge in [-0.15, -0.1) is 0 Å². The van der Waals surface area contributed by atoms with E-state index in [1.807, 2.05) is 24.3 Å². The van der Waals surface area contributed by atoms with Crippen molar-refractivity contribution in [1.29, 1.82) is 0 Å². The van der Waals surface area contributed by atoms with Crippen LogP contribution in [0.5, 0.6) is 5.75 Å². The minimum Gasteiger partial charge on any atom is -0.487 e. The van der Waals surface area contributed by atoms with Crippen LogP contribution in [0.4, 0.5) is 5.69 Å². The van der Waals surface area contributed by atoms with Gasteiger partial charge in [-0.25, -0.2) is 13.1 Å². The lowest BCUT2D eigenvalue weighted by Gasteiger charge is -2.44. The summed E-state index contributed by atoms with van der Waals surface area (Å²) in [6.07, 6.45) is 10.2. The number of morpholine rings is 1. The average molecular weight is 786 g/mol. The van der Waals surface area contributed by atoms with E-state index in [2.05, 4.69) is 20.6 Å². The van der Waals surface area contributed by atoms with Crippen molar-refractivity contribution in [3.63, 3.8) is 0 Å². The fraction of sp³-hybridized carbons (Fsp3) is 0.634. The number of benzene rings is 2. The van der Waals surface area contributed by atoms with Crippen molar-refractivity contribution in [2.75, 3.05) is 71.2 Å². The van der Waals surface area contributed by atoms with Gasteiger partial charge in [0.1, 0.15) is 17.6 Å². The first kappa shape index (κ1) is 39.5. The number of carbonyl (C=O) groups excluding carboxylic acids is 1. The van der Waals surface area contributed by atoms with Gasteiger partial charge in [0.2, 0.25) is 10.0 Å². The molecule has 1 N–H and O–H groups in total. The highest BCUT2D eigenvalue weighted by Crippen LogP contribution is 2.42. The third-order valence-corrected chi connectivity index (χ3v) is 14.0. The second-order valence-corrected chi connectivity index (χ2v) is 17.7. The number of aryl methyl sites for hydroxylation is 1. The number of nitrogens with zero attached hydrogens (tertiary/aromatic N) is 2. The molecule has 1 aliphatic carbocycles. The van der Waals surface area contributed by atoms with Crippen LogP contribution in [0.1, 0.15) is 72.9 Å². The third kappa shape index (κ3) is 9.80. The van der Waals surface area contributed by atoms with E-state index in [0.29, 0.717) is 42.9 Å². The zero-order valence-corrected chi connectivity index (χ0v) is 33.0. The molecule has 13 heteroatoms. The zero-order chi connectivity index (χ0) is 37.5. The summed E-state index contributed by atoms with van der Waals surface area (Å²) in [4.78, 5) is 18.7. The molecule has 6 atom stereocenters. The Morgan fingerprint density at radius 3 is 2.63 bits per heavy atom. The fourth-order valence-corrected chi connectivity index (χ4v) is 10.5. The summed E-state index contributed by atoms with van der Waals surface area (Å²) in [6, 6.07) is 11.2. The number of nitrogens with one attached hydrogen (secondary N) is 1. The summed E-state index contributed by atoms with van der Waals surface area (Å²) in [7, 11) is -2.65. The van der Waals surface area contributed by atoms with Crippen LogP contribution in [0.15, 0.2) is 48.6 Å². The van der Waals surface area contributed by atoms with Gasteiger partial charge in [0.25, 0.3) is 5.91 Å². The van der Waals surface area contributed by atoms with E-state index >= 15 is 0 Å². The Morgan fingerprint density at radius 2 is 1.85 bits per heavy atom. The molecule has 0 aromatic heterocycles. The van der Waals surface area contributed by atoms with Gasteiger partial charge in [-0.3, -0.25) is 9.69 Å². The highest BCUT2D eigenvalue weighted by Gasteiger charge is 2.40. The van der Waals surface area contributed by atoms with E-state index in [-0.39, 0.29) is 30.1 Å². The molecule has 2 aromatic rings. The number of anilines is 1. The van der Waals surface area contributed by atoms with E-state index in [4.69, 9.17) is 35.3 Å². The molecule has 4 aliphatic heterocycles. The standard InChI is InChI=1S/C41H56ClN3O8S/c1-49-39-9-4-8-37(52-23-19-44-17-21-50-22-18-44)35-14-11-31(35)27-45-16-3-2-6-29-24-33(42)13-10-32(29)28-53-38-15-12-30(25-36(38)45)41(46)43-54(47,48)40(39)26-34-7-5-20-51-34/h4,8,10,12-13,15,24-25,31,34-35,37,39-40H,2-3,5-7,9,11,14,16-23,26-28H2,1H3,(H,43,46)/b8-4+/t31?,34?,35?,37-,39+,40?/m0/s1. The lowest BCUT2D eigenvalue weighted by atomic mass is 9.70. The number of sulfonamides is 1. The Kier molecular flexibility index (Phi) is 13.5. The van der Waals surface area contributed by atoms with Crippen LogP contribution in [0.2, 0.25) is 5.02 Å². The molecule has 54 heavy (non-hydrogen) atoms. The maximum atomic E-state index is 14.2. The first-order valence-corrected chi connectivity index (χ1v) is 21.8. The van der Waals surface area contributed by atoms with Crippen LogP contribution < -0.4 is 14.4 Å². The van der Waals surface area contributed by atoms with Gasteiger partial charge in [-0.1, -0.05) is 29.8 Å². The van der Waals surface area contributed by atoms with Crippen molar-refractivity contribution in [3.05, 3.63) is 70.3 Å². The Labute approximate surface area is 325 Å². The molecule has 2 bridgehead atoms. The van der Waals surface area contributed by atoms with Gasteiger partial charge in [0.15, 0.2) is 0 Å². The van der Waals surface area contributed by atoms with Crippen LogP contribution in [-0.2, 0) is 42.0 Å². The molecule has 1 saturated carbocycles. The molecule has 5 aliphatic rings. The molecular weight excluding hydrogens is 730 g/mol. The monoisotopic (exact) mass is 785 g/mol. The molecule has 7 rings (SSSR count). The quantitative estimate of drug-likeness (QED) is 0.347. The van der Waals surface area contributed by atoms with Crippen molar-refractivity contribution in [2.45, 2.75) is 88.0 Å². The SMILES string of the molecule is CO[C@@H]1C/C=C/[C@H](OCCN2CCOCC2)C2CCC2CN2CCCCc3cc(Cl)ccc3COc3ccc(cc32)C(=O)NS(=O)(=O)C1CC1CCCO1. The summed E-state index contributed by atoms with van der Waals surface area (Å²) in [5, 5.41) is -0.292. The van der Waals surface area contributed by atoms with Crippen LogP contribution >= 0.6 is 11.6 Å². The minimum absolute atomic E-state index is 0.131. The van der Waals surface area contributed by atoms with Gasteiger partial charge in [-0.05, 0) is 111 Å². The van der Waals surface area contributed by atoms with E-state index in [0.717, 1.165) is 102 Å². The van der Waals surface area contributed by atoms with Crippen molar-refractivity contribution >= 4 is 33.2 Å². The predicted octanol–water partition coefficient (Wildman–Crippen LogP) is 5.78. The van der Waals surface area contributed by atoms with Gasteiger partial charge >= 0.3 is 0 Å². The number of hydrogen-bond donors (Lipinski definition) is 1. The lowest BCUT2D eigenvalue weighted by molar-refractivity contribution is -0.0315. The van der Waals surface area contributed by atoms with Gasteiger partial charge in [0, 0.05) is 57.0 Å². The highest BCUT2D eigenvalue weighted by atomic mass is 35.5. The number of halogens is 1. The Bertz CT molecular complexity index is 1710. The second kappa shape index (κ2) is 18.5. The molecule has 1 amide bonds. The van der Waals surface area contributed by atoms with Crippen LogP contribution in [-0.4, -0.2) is 109 Å². The van der Waals surface area contributed by atoms with E-state index in [1.165, 1.54) is 5.56 Å². The molecule has 2 aromatic carbocycles. The molecule has 0 radical (unpaired) electrons. The fourth-order valence-electron chi connectivity index (χ4n) is 8.66. The summed E-state index contributed by atoms with van der Waals surface area (Å²) in [6.45, 7) is 7.20. The van der Waals surface area contributed by atoms with E-state index in [9.17, 15) is 13.2 Å². The first-order chi connectivity index (χ1) is 26.3. The molecule has 0 spiro atoms. The Hall–Kier alpha value is -2.71. The van der Waals surface area contributed by atoms with Crippen molar-refractivity contribution in [1.82, 2.24) is 9.62 Å². The number of fused-ring (bicyclic) bond motifs is 3. The maximum absolute atomic E-state index is 14.2. The van der Waals surface area contributed by atoms with Crippen LogP contribution in [0, 0.1) is 11.8 Å². The smallest absolute Gasteiger partial charge is 0.264 e. The van der Waals surface area contributed by atoms with E-state index < -0.39 is 27.3 Å². The van der Waals surface area contributed by atoms with Gasteiger partial charge < -0.3 is 28.6 Å². The number of carbonyl (C=O) groups is 1. The maximum Gasteiger partial charge on any atom is 0.264 e. The van der Waals surface area contributed by atoms with Crippen molar-refractivity contribution < 1.29 is 36.9 Å². The highest BCUT2D eigenvalue weighted by molar-refractivity contribution is 7.90. The average Bonchev–Trinajstić information content (AvgIpc) is 3.67. The predicted molar refractivity (Wildman–Crippen MR) is 209 cm³/mol. The Balaban J connectivity index is 1.23. The molecule has 2 saturated heterocycles. The Morgan fingerprint density at radius 1 is 0.981 bits per heavy atom. The number of hydrogen-bond acceptors (Lipinski definition) is 10. The lowest BCUT2D eigenvalue weighted by Crippen LogP contribution is -2.47. The van der Waals surface area contributed by atoms with Gasteiger partial charge in [0.05, 0.1) is 43.8 Å². The first-order valence-electron chi connectivity index (χ1n) is 19.8. The number of ether oxygens (including phenoxy) is 5. The second-order valence-electron chi connectivity index (χ2n) is 15.4. The number of rotatable bonds is 7. The van der Waals surface area contributed by atoms with Crippen LogP contribution in [0.25, 0.3) is 0 Å². The molecule has 3 fully saturated rings. The molecule has 4 heterocycles. The number of methoxy groups -OCH3 is 1. The number of amides is 1. The van der Waals surface area contributed by atoms with Gasteiger partial charge in [-0.2, -0.15) is 0 Å². The summed E-state index contributed by atoms with van der Waals surface area (Å²) in [5.41, 5.74) is 3.31.